The highest BCUT2D eigenvalue weighted by molar-refractivity contribution is 5.94. The lowest BCUT2D eigenvalue weighted by Crippen LogP contribution is -2.26. The van der Waals surface area contributed by atoms with E-state index in [2.05, 4.69) is 26.8 Å². The quantitative estimate of drug-likeness (QED) is 0.419. The largest absolute Gasteiger partial charge is 0.490 e. The van der Waals surface area contributed by atoms with E-state index in [1.165, 1.54) is 4.57 Å². The van der Waals surface area contributed by atoms with E-state index in [9.17, 15) is 9.59 Å². The zero-order valence-electron chi connectivity index (χ0n) is 17.7. The summed E-state index contributed by atoms with van der Waals surface area (Å²) in [4.78, 5) is 37.4. The van der Waals surface area contributed by atoms with Gasteiger partial charge < -0.3 is 15.0 Å². The standard InChI is InChI=1S/C24H23N5O3/c1-3-11-32-20-7-8-22-21(13-20)24(31)29(16(2)28-22)19-6-4-5-17(12-19)23(30)26-10-9-18-14-25-15-27-18/h3-8,12-15H,1,9-11H2,2H3,(H,25,27)(H,26,30). The highest BCUT2D eigenvalue weighted by Gasteiger charge is 2.13. The Morgan fingerprint density at radius 2 is 2.16 bits per heavy atom. The number of benzene rings is 2. The zero-order chi connectivity index (χ0) is 22.5. The topological polar surface area (TPSA) is 102 Å². The molecule has 2 heterocycles. The third-order valence-electron chi connectivity index (χ3n) is 4.98. The molecule has 0 aliphatic heterocycles. The van der Waals surface area contributed by atoms with Crippen LogP contribution >= 0.6 is 0 Å². The van der Waals surface area contributed by atoms with Crippen molar-refractivity contribution in [1.82, 2.24) is 24.8 Å². The van der Waals surface area contributed by atoms with Crippen molar-refractivity contribution in [3.8, 4) is 11.4 Å². The molecule has 0 atom stereocenters. The van der Waals surface area contributed by atoms with Crippen LogP contribution in [-0.4, -0.2) is 38.6 Å². The molecule has 0 aliphatic carbocycles. The smallest absolute Gasteiger partial charge is 0.266 e. The van der Waals surface area contributed by atoms with Gasteiger partial charge in [0.1, 0.15) is 18.2 Å². The molecule has 8 nitrogen and oxygen atoms in total. The maximum atomic E-state index is 13.3. The number of aromatic amines is 1. The van der Waals surface area contributed by atoms with Gasteiger partial charge in [0.15, 0.2) is 0 Å². The molecule has 0 aliphatic rings. The van der Waals surface area contributed by atoms with Gasteiger partial charge in [-0.25, -0.2) is 9.97 Å². The Hall–Kier alpha value is -4.20. The fourth-order valence-corrected chi connectivity index (χ4v) is 3.45. The highest BCUT2D eigenvalue weighted by atomic mass is 16.5. The Labute approximate surface area is 184 Å². The Kier molecular flexibility index (Phi) is 6.12. The minimum Gasteiger partial charge on any atom is -0.490 e. The molecule has 0 spiro atoms. The summed E-state index contributed by atoms with van der Waals surface area (Å²) in [6.45, 7) is 6.21. The molecule has 0 radical (unpaired) electrons. The van der Waals surface area contributed by atoms with Crippen LogP contribution in [0.5, 0.6) is 5.75 Å². The van der Waals surface area contributed by atoms with E-state index in [4.69, 9.17) is 4.74 Å². The Bertz CT molecular complexity index is 1330. The van der Waals surface area contributed by atoms with E-state index in [0.29, 0.717) is 53.3 Å². The summed E-state index contributed by atoms with van der Waals surface area (Å²) >= 11 is 0. The lowest BCUT2D eigenvalue weighted by atomic mass is 10.1. The van der Waals surface area contributed by atoms with Crippen LogP contribution in [0.2, 0.25) is 0 Å². The number of carbonyl (C=O) groups excluding carboxylic acids is 1. The lowest BCUT2D eigenvalue weighted by Gasteiger charge is -2.13. The van der Waals surface area contributed by atoms with Gasteiger partial charge in [0, 0.05) is 30.4 Å². The zero-order valence-corrected chi connectivity index (χ0v) is 17.7. The summed E-state index contributed by atoms with van der Waals surface area (Å²) in [5.41, 5.74) is 2.33. The average Bonchev–Trinajstić information content (AvgIpc) is 3.31. The molecule has 0 saturated carbocycles. The van der Waals surface area contributed by atoms with Crippen molar-refractivity contribution in [3.05, 3.63) is 95.1 Å². The fourth-order valence-electron chi connectivity index (χ4n) is 3.45. The first-order valence-corrected chi connectivity index (χ1v) is 10.2. The number of imidazole rings is 1. The van der Waals surface area contributed by atoms with Gasteiger partial charge in [-0.3, -0.25) is 14.2 Å². The number of rotatable bonds is 8. The van der Waals surface area contributed by atoms with Crippen LogP contribution in [0.15, 0.2) is 72.4 Å². The summed E-state index contributed by atoms with van der Waals surface area (Å²) in [5, 5.41) is 3.32. The Morgan fingerprint density at radius 1 is 1.28 bits per heavy atom. The van der Waals surface area contributed by atoms with E-state index >= 15 is 0 Å². The number of hydrogen-bond acceptors (Lipinski definition) is 5. The molecule has 2 aromatic carbocycles. The van der Waals surface area contributed by atoms with Crippen LogP contribution in [0.4, 0.5) is 0 Å². The number of nitrogens with one attached hydrogen (secondary N) is 2. The van der Waals surface area contributed by atoms with Crippen LogP contribution in [0.3, 0.4) is 0 Å². The summed E-state index contributed by atoms with van der Waals surface area (Å²) in [7, 11) is 0. The second-order valence-corrected chi connectivity index (χ2v) is 7.21. The van der Waals surface area contributed by atoms with Crippen molar-refractivity contribution in [1.29, 1.82) is 0 Å². The van der Waals surface area contributed by atoms with E-state index in [1.54, 1.807) is 68.0 Å². The summed E-state index contributed by atoms with van der Waals surface area (Å²) in [6, 6.07) is 12.1. The fraction of sp³-hybridized carbons (Fsp3) is 0.167. The molecule has 0 saturated heterocycles. The van der Waals surface area contributed by atoms with E-state index in [1.807, 2.05) is 0 Å². The number of ether oxygens (including phenoxy) is 1. The van der Waals surface area contributed by atoms with Crippen molar-refractivity contribution in [2.75, 3.05) is 13.2 Å². The first-order chi connectivity index (χ1) is 15.6. The molecule has 4 aromatic rings. The molecule has 1 amide bonds. The number of fused-ring (bicyclic) bond motifs is 1. The third-order valence-corrected chi connectivity index (χ3v) is 4.98. The van der Waals surface area contributed by atoms with Crippen molar-refractivity contribution < 1.29 is 9.53 Å². The molecular weight excluding hydrogens is 406 g/mol. The minimum absolute atomic E-state index is 0.217. The number of carbonyl (C=O) groups is 1. The van der Waals surface area contributed by atoms with Crippen LogP contribution in [0.1, 0.15) is 21.9 Å². The van der Waals surface area contributed by atoms with Crippen LogP contribution in [0, 0.1) is 6.92 Å². The van der Waals surface area contributed by atoms with Gasteiger partial charge in [-0.15, -0.1) is 0 Å². The molecule has 0 bridgehead atoms. The van der Waals surface area contributed by atoms with E-state index in [0.717, 1.165) is 5.69 Å². The first-order valence-electron chi connectivity index (χ1n) is 10.2. The van der Waals surface area contributed by atoms with Gasteiger partial charge in [0.25, 0.3) is 11.5 Å². The predicted octanol–water partition coefficient (Wildman–Crippen LogP) is 2.95. The van der Waals surface area contributed by atoms with Crippen molar-refractivity contribution in [2.24, 2.45) is 0 Å². The van der Waals surface area contributed by atoms with Gasteiger partial charge in [-0.2, -0.15) is 0 Å². The number of H-pyrrole nitrogens is 1. The minimum atomic E-state index is -0.228. The molecule has 8 heteroatoms. The maximum absolute atomic E-state index is 13.3. The van der Waals surface area contributed by atoms with Gasteiger partial charge in [0.05, 0.1) is 22.9 Å². The highest BCUT2D eigenvalue weighted by Crippen LogP contribution is 2.19. The molecular formula is C24H23N5O3. The second kappa shape index (κ2) is 9.30. The third kappa shape index (κ3) is 4.44. The van der Waals surface area contributed by atoms with Gasteiger partial charge >= 0.3 is 0 Å². The Balaban J connectivity index is 1.62. The maximum Gasteiger partial charge on any atom is 0.266 e. The molecule has 0 fully saturated rings. The molecule has 2 aromatic heterocycles. The van der Waals surface area contributed by atoms with E-state index in [-0.39, 0.29) is 11.5 Å². The second-order valence-electron chi connectivity index (χ2n) is 7.21. The number of aryl methyl sites for hydroxylation is 1. The van der Waals surface area contributed by atoms with Crippen molar-refractivity contribution in [3.63, 3.8) is 0 Å². The van der Waals surface area contributed by atoms with Crippen LogP contribution < -0.4 is 15.6 Å². The van der Waals surface area contributed by atoms with Crippen molar-refractivity contribution in [2.45, 2.75) is 13.3 Å². The van der Waals surface area contributed by atoms with Crippen LogP contribution in [-0.2, 0) is 6.42 Å². The molecule has 2 N–H and O–H groups in total. The van der Waals surface area contributed by atoms with Crippen LogP contribution in [0.25, 0.3) is 16.6 Å². The van der Waals surface area contributed by atoms with Crippen molar-refractivity contribution >= 4 is 16.8 Å². The van der Waals surface area contributed by atoms with Gasteiger partial charge in [-0.1, -0.05) is 18.7 Å². The monoisotopic (exact) mass is 429 g/mol. The molecule has 4 rings (SSSR count). The Morgan fingerprint density at radius 3 is 2.94 bits per heavy atom. The first kappa shape index (κ1) is 21.0. The number of amides is 1. The lowest BCUT2D eigenvalue weighted by molar-refractivity contribution is 0.0954. The summed E-state index contributed by atoms with van der Waals surface area (Å²) < 4.78 is 7.06. The molecule has 0 unspecified atom stereocenters. The number of hydrogen-bond donors (Lipinski definition) is 2. The molecule has 32 heavy (non-hydrogen) atoms. The summed E-state index contributed by atoms with van der Waals surface area (Å²) in [5.74, 6) is 0.877. The predicted molar refractivity (Wildman–Crippen MR) is 122 cm³/mol. The number of nitrogens with zero attached hydrogens (tertiary/aromatic N) is 3. The molecule has 162 valence electrons. The normalized spacial score (nSPS) is 10.8. The average molecular weight is 429 g/mol. The van der Waals surface area contributed by atoms with Gasteiger partial charge in [0.2, 0.25) is 0 Å². The summed E-state index contributed by atoms with van der Waals surface area (Å²) in [6.07, 6.45) is 5.62. The number of aromatic nitrogens is 4. The van der Waals surface area contributed by atoms with E-state index < -0.39 is 0 Å². The van der Waals surface area contributed by atoms with Gasteiger partial charge in [-0.05, 0) is 43.3 Å². The SMILES string of the molecule is C=CCOc1ccc2nc(C)n(-c3cccc(C(=O)NCCc4cnc[nH]4)c3)c(=O)c2c1.